The Hall–Kier alpha value is -3.90. The van der Waals surface area contributed by atoms with E-state index in [-0.39, 0.29) is 17.2 Å². The van der Waals surface area contributed by atoms with E-state index in [1.807, 2.05) is 61.5 Å². The molecule has 0 unspecified atom stereocenters. The zero-order valence-electron chi connectivity index (χ0n) is 25.0. The number of pyridine rings is 1. The highest BCUT2D eigenvalue weighted by molar-refractivity contribution is 6.14. The van der Waals surface area contributed by atoms with Gasteiger partial charge in [-0.3, -0.25) is 0 Å². The lowest BCUT2D eigenvalue weighted by Crippen LogP contribution is -2.36. The molecule has 0 radical (unpaired) electrons. The van der Waals surface area contributed by atoms with Crippen molar-refractivity contribution in [3.8, 4) is 22.4 Å². The molecule has 0 saturated carbocycles. The summed E-state index contributed by atoms with van der Waals surface area (Å²) in [6.45, 7) is 12.1. The number of aromatic nitrogens is 1. The molecule has 0 bridgehead atoms. The number of hydrogen-bond donors (Lipinski definition) is 0. The van der Waals surface area contributed by atoms with Gasteiger partial charge in [0.1, 0.15) is 18.2 Å². The molecule has 168 valence electrons. The Balaban J connectivity index is 1.96. The average molecular weight is 451 g/mol. The summed E-state index contributed by atoms with van der Waals surface area (Å²) in [6, 6.07) is 17.3. The molecular formula is C31H29N2O+. The number of aryl methyl sites for hydroxylation is 1. The molecular weight excluding hydrogens is 416 g/mol. The number of nitrogens with zero attached hydrogens (tertiary/aromatic N) is 2. The first-order valence-corrected chi connectivity index (χ1v) is 11.2. The van der Waals surface area contributed by atoms with Crippen LogP contribution in [0.1, 0.15) is 49.0 Å². The first kappa shape index (κ1) is 16.7. The molecule has 2 heterocycles. The summed E-state index contributed by atoms with van der Waals surface area (Å²) < 4.78 is 51.0. The van der Waals surface area contributed by atoms with E-state index in [0.29, 0.717) is 33.8 Å². The summed E-state index contributed by atoms with van der Waals surface area (Å²) in [5.41, 5.74) is 6.14. The molecule has 0 atom stereocenters. The van der Waals surface area contributed by atoms with Crippen LogP contribution in [-0.2, 0) is 7.05 Å². The third kappa shape index (κ3) is 3.30. The van der Waals surface area contributed by atoms with Crippen molar-refractivity contribution < 1.29 is 15.8 Å². The number of fused-ring (bicyclic) bond motifs is 3. The third-order valence-corrected chi connectivity index (χ3v) is 6.58. The zero-order valence-corrected chi connectivity index (χ0v) is 20.0. The lowest BCUT2D eigenvalue weighted by atomic mass is 9.93. The maximum atomic E-state index is 9.27. The fourth-order valence-electron chi connectivity index (χ4n) is 4.60. The van der Waals surface area contributed by atoms with Crippen LogP contribution in [0.15, 0.2) is 65.1 Å². The third-order valence-electron chi connectivity index (χ3n) is 6.58. The van der Waals surface area contributed by atoms with Gasteiger partial charge in [-0.15, -0.1) is 0 Å². The molecule has 0 fully saturated rings. The molecule has 3 nitrogen and oxygen atoms in total. The van der Waals surface area contributed by atoms with Gasteiger partial charge in [-0.25, -0.2) is 4.85 Å². The number of rotatable bonds is 3. The van der Waals surface area contributed by atoms with Gasteiger partial charge < -0.3 is 4.42 Å². The summed E-state index contributed by atoms with van der Waals surface area (Å²) in [5.74, 6) is -1.32. The standard InChI is InChI=1S/C31H29N2O/c1-18(2)25-17-28(33(7)21(5)20(25)4)29-19(3)13-14-24-27-16-23(32-6)15-26(30(27)34-31(24)29)22-11-9-8-10-12-22/h8-18H,1-5,7H3/q+1/i4D3,17D,18D. The number of hydrogen-bond acceptors (Lipinski definition) is 1. The highest BCUT2D eigenvalue weighted by Gasteiger charge is 2.26. The fraction of sp³-hybridized carbons (Fsp3) is 0.226. The minimum Gasteiger partial charge on any atom is -0.455 e. The van der Waals surface area contributed by atoms with E-state index >= 15 is 0 Å². The quantitative estimate of drug-likeness (QED) is 0.200. The van der Waals surface area contributed by atoms with Crippen LogP contribution in [0.3, 0.4) is 0 Å². The van der Waals surface area contributed by atoms with Crippen LogP contribution in [0, 0.1) is 27.3 Å². The van der Waals surface area contributed by atoms with Crippen LogP contribution in [-0.4, -0.2) is 0 Å². The van der Waals surface area contributed by atoms with Crippen LogP contribution < -0.4 is 4.57 Å². The molecule has 0 aliphatic rings. The van der Waals surface area contributed by atoms with Gasteiger partial charge in [0.05, 0.1) is 13.5 Å². The monoisotopic (exact) mass is 450 g/mol. The molecule has 34 heavy (non-hydrogen) atoms. The Kier molecular flexibility index (Phi) is 4.00. The average Bonchev–Trinajstić information content (AvgIpc) is 3.24. The van der Waals surface area contributed by atoms with Gasteiger partial charge in [0, 0.05) is 40.3 Å². The smallest absolute Gasteiger partial charge is 0.216 e. The van der Waals surface area contributed by atoms with Gasteiger partial charge in [0.2, 0.25) is 5.69 Å². The molecule has 2 aromatic heterocycles. The van der Waals surface area contributed by atoms with E-state index in [4.69, 9.17) is 16.5 Å². The van der Waals surface area contributed by atoms with Crippen molar-refractivity contribution in [1.82, 2.24) is 0 Å². The van der Waals surface area contributed by atoms with Gasteiger partial charge in [-0.1, -0.05) is 56.3 Å². The van der Waals surface area contributed by atoms with Gasteiger partial charge in [0.15, 0.2) is 11.4 Å². The normalized spacial score (nSPS) is 14.3. The minimum absolute atomic E-state index is 0.00425. The van der Waals surface area contributed by atoms with E-state index in [0.717, 1.165) is 27.5 Å². The van der Waals surface area contributed by atoms with Crippen molar-refractivity contribution in [1.29, 1.82) is 0 Å². The predicted molar refractivity (Wildman–Crippen MR) is 140 cm³/mol. The molecule has 0 amide bonds. The minimum atomic E-state index is -2.48. The SMILES string of the molecule is [2H]c1c(C([2H])(C)C)c(C([2H])([2H])[2H])c(C)[n+](C)c1-c1c(C)ccc2c1oc1c(-c3ccccc3)cc([N+]#[C-])cc12. The summed E-state index contributed by atoms with van der Waals surface area (Å²) in [5, 5.41) is 1.60. The van der Waals surface area contributed by atoms with E-state index in [2.05, 4.69) is 4.85 Å². The number of benzene rings is 3. The molecule has 0 N–H and O–H groups in total. The zero-order chi connectivity index (χ0) is 28.4. The molecule has 0 spiro atoms. The van der Waals surface area contributed by atoms with Gasteiger partial charge >= 0.3 is 0 Å². The summed E-state index contributed by atoms with van der Waals surface area (Å²) in [6.07, 6.45) is 0. The Morgan fingerprint density at radius 1 is 1.06 bits per heavy atom. The van der Waals surface area contributed by atoms with Crippen LogP contribution in [0.4, 0.5) is 5.69 Å². The second kappa shape index (κ2) is 8.15. The Labute approximate surface area is 208 Å². The van der Waals surface area contributed by atoms with Gasteiger partial charge in [-0.2, -0.15) is 4.57 Å². The van der Waals surface area contributed by atoms with E-state index in [1.165, 1.54) is 0 Å². The fourth-order valence-corrected chi connectivity index (χ4v) is 4.60. The number of furan rings is 1. The van der Waals surface area contributed by atoms with Crippen molar-refractivity contribution >= 4 is 27.6 Å². The van der Waals surface area contributed by atoms with Crippen LogP contribution in [0.2, 0.25) is 0 Å². The first-order chi connectivity index (χ1) is 18.3. The Morgan fingerprint density at radius 2 is 1.82 bits per heavy atom. The van der Waals surface area contributed by atoms with Crippen LogP contribution >= 0.6 is 0 Å². The summed E-state index contributed by atoms with van der Waals surface area (Å²) >= 11 is 0. The van der Waals surface area contributed by atoms with Crippen LogP contribution in [0.5, 0.6) is 0 Å². The summed E-state index contributed by atoms with van der Waals surface area (Å²) in [7, 11) is 1.76. The van der Waals surface area contributed by atoms with Gasteiger partial charge in [0.25, 0.3) is 0 Å². The first-order valence-electron chi connectivity index (χ1n) is 13.7. The maximum absolute atomic E-state index is 9.27. The second-order valence-corrected chi connectivity index (χ2v) is 8.95. The largest absolute Gasteiger partial charge is 0.455 e. The topological polar surface area (TPSA) is 21.4 Å². The Bertz CT molecular complexity index is 1820. The molecule has 5 rings (SSSR count). The second-order valence-electron chi connectivity index (χ2n) is 8.95. The molecule has 0 saturated heterocycles. The van der Waals surface area contributed by atoms with E-state index in [9.17, 15) is 1.37 Å². The van der Waals surface area contributed by atoms with Crippen molar-refractivity contribution in [3.05, 3.63) is 94.4 Å². The lowest BCUT2D eigenvalue weighted by molar-refractivity contribution is -0.667. The van der Waals surface area contributed by atoms with Crippen LogP contribution in [0.25, 0.3) is 49.2 Å². The lowest BCUT2D eigenvalue weighted by Gasteiger charge is -2.14. The molecule has 0 aliphatic heterocycles. The highest BCUT2D eigenvalue weighted by atomic mass is 16.3. The Morgan fingerprint density at radius 3 is 2.50 bits per heavy atom. The van der Waals surface area contributed by atoms with Crippen molar-refractivity contribution in [2.45, 2.75) is 40.4 Å². The molecule has 0 aliphatic carbocycles. The van der Waals surface area contributed by atoms with Gasteiger partial charge in [-0.05, 0) is 48.5 Å². The summed E-state index contributed by atoms with van der Waals surface area (Å²) in [4.78, 5) is 3.70. The van der Waals surface area contributed by atoms with Crippen molar-refractivity contribution in [2.75, 3.05) is 0 Å². The van der Waals surface area contributed by atoms with Crippen molar-refractivity contribution in [3.63, 3.8) is 0 Å². The molecule has 3 heteroatoms. The molecule has 3 aromatic carbocycles. The van der Waals surface area contributed by atoms with E-state index in [1.54, 1.807) is 32.4 Å². The van der Waals surface area contributed by atoms with E-state index < -0.39 is 12.7 Å². The van der Waals surface area contributed by atoms with Crippen molar-refractivity contribution in [2.24, 2.45) is 7.05 Å². The molecule has 5 aromatic rings. The highest BCUT2D eigenvalue weighted by Crippen LogP contribution is 2.43. The maximum Gasteiger partial charge on any atom is 0.216 e. The predicted octanol–water partition coefficient (Wildman–Crippen LogP) is 8.34.